The Morgan fingerprint density at radius 3 is 2.00 bits per heavy atom. The summed E-state index contributed by atoms with van der Waals surface area (Å²) in [5.74, 6) is 0.100. The number of hydrogen-bond donors (Lipinski definition) is 1. The zero-order valence-electron chi connectivity index (χ0n) is 12.3. The van der Waals surface area contributed by atoms with Gasteiger partial charge in [0.05, 0.1) is 13.5 Å². The van der Waals surface area contributed by atoms with Crippen molar-refractivity contribution in [2.24, 2.45) is 0 Å². The number of rotatable bonds is 7. The first-order chi connectivity index (χ1) is 10.3. The second kappa shape index (κ2) is 8.22. The maximum atomic E-state index is 11.1. The predicted octanol–water partition coefficient (Wildman–Crippen LogP) is 2.97. The van der Waals surface area contributed by atoms with Crippen LogP contribution >= 0.6 is 0 Å². The van der Waals surface area contributed by atoms with Gasteiger partial charge in [-0.1, -0.05) is 60.7 Å². The van der Waals surface area contributed by atoms with Crippen LogP contribution in [-0.2, 0) is 9.53 Å². The van der Waals surface area contributed by atoms with Crippen molar-refractivity contribution in [3.63, 3.8) is 0 Å². The summed E-state index contributed by atoms with van der Waals surface area (Å²) in [5, 5.41) is 3.35. The van der Waals surface area contributed by atoms with Gasteiger partial charge in [-0.3, -0.25) is 4.79 Å². The lowest BCUT2D eigenvalue weighted by atomic mass is 9.91. The van der Waals surface area contributed by atoms with Crippen molar-refractivity contribution in [1.82, 2.24) is 5.32 Å². The van der Waals surface area contributed by atoms with Gasteiger partial charge in [-0.05, 0) is 11.1 Å². The van der Waals surface area contributed by atoms with Gasteiger partial charge in [0, 0.05) is 19.0 Å². The molecule has 0 aromatic heterocycles. The molecule has 0 fully saturated rings. The van der Waals surface area contributed by atoms with Gasteiger partial charge < -0.3 is 10.1 Å². The maximum absolute atomic E-state index is 11.1. The molecule has 0 amide bonds. The molecule has 0 unspecified atom stereocenters. The standard InChI is InChI=1S/C18H21NO2/c1-21-18(20)12-13-19-14-17(15-8-4-2-5-9-15)16-10-6-3-7-11-16/h2-11,17,19H,12-14H2,1H3. The van der Waals surface area contributed by atoms with Crippen LogP contribution in [0.5, 0.6) is 0 Å². The van der Waals surface area contributed by atoms with E-state index in [-0.39, 0.29) is 11.9 Å². The minimum absolute atomic E-state index is 0.182. The third kappa shape index (κ3) is 4.72. The number of ether oxygens (including phenoxy) is 1. The Bertz CT molecular complexity index is 500. The van der Waals surface area contributed by atoms with Crippen LogP contribution in [0.1, 0.15) is 23.5 Å². The molecule has 0 bridgehead atoms. The molecule has 0 spiro atoms. The van der Waals surface area contributed by atoms with Gasteiger partial charge >= 0.3 is 5.97 Å². The minimum Gasteiger partial charge on any atom is -0.469 e. The van der Waals surface area contributed by atoms with Crippen LogP contribution < -0.4 is 5.32 Å². The van der Waals surface area contributed by atoms with Gasteiger partial charge in [-0.25, -0.2) is 0 Å². The fraction of sp³-hybridized carbons (Fsp3) is 0.278. The summed E-state index contributed by atoms with van der Waals surface area (Å²) in [4.78, 5) is 11.1. The molecule has 0 aliphatic carbocycles. The number of methoxy groups -OCH3 is 1. The van der Waals surface area contributed by atoms with Crippen LogP contribution in [-0.4, -0.2) is 26.2 Å². The number of carbonyl (C=O) groups excluding carboxylic acids is 1. The molecule has 0 aliphatic heterocycles. The number of nitrogens with one attached hydrogen (secondary N) is 1. The highest BCUT2D eigenvalue weighted by Crippen LogP contribution is 2.23. The van der Waals surface area contributed by atoms with Gasteiger partial charge in [0.1, 0.15) is 0 Å². The molecule has 110 valence electrons. The van der Waals surface area contributed by atoms with Crippen molar-refractivity contribution in [2.75, 3.05) is 20.2 Å². The predicted molar refractivity (Wildman–Crippen MR) is 84.2 cm³/mol. The molecule has 2 aromatic carbocycles. The molecule has 21 heavy (non-hydrogen) atoms. The number of hydrogen-bond acceptors (Lipinski definition) is 3. The molecule has 2 aromatic rings. The number of esters is 1. The fourth-order valence-electron chi connectivity index (χ4n) is 2.34. The third-order valence-corrected chi connectivity index (χ3v) is 3.49. The van der Waals surface area contributed by atoms with Crippen LogP contribution in [0.25, 0.3) is 0 Å². The molecular weight excluding hydrogens is 262 g/mol. The summed E-state index contributed by atoms with van der Waals surface area (Å²) in [6, 6.07) is 20.8. The Labute approximate surface area is 126 Å². The molecule has 0 saturated carbocycles. The smallest absolute Gasteiger partial charge is 0.306 e. The highest BCUT2D eigenvalue weighted by atomic mass is 16.5. The average molecular weight is 283 g/mol. The topological polar surface area (TPSA) is 38.3 Å². The molecule has 3 nitrogen and oxygen atoms in total. The molecule has 2 rings (SSSR count). The van der Waals surface area contributed by atoms with E-state index >= 15 is 0 Å². The van der Waals surface area contributed by atoms with Crippen molar-refractivity contribution in [2.45, 2.75) is 12.3 Å². The van der Waals surface area contributed by atoms with Crippen molar-refractivity contribution >= 4 is 5.97 Å². The van der Waals surface area contributed by atoms with Crippen molar-refractivity contribution < 1.29 is 9.53 Å². The van der Waals surface area contributed by atoms with E-state index in [1.807, 2.05) is 12.1 Å². The Hall–Kier alpha value is -2.13. The summed E-state index contributed by atoms with van der Waals surface area (Å²) < 4.78 is 4.65. The first kappa shape index (κ1) is 15.3. The van der Waals surface area contributed by atoms with Crippen LogP contribution in [0.2, 0.25) is 0 Å². The average Bonchev–Trinajstić information content (AvgIpc) is 2.56. The first-order valence-electron chi connectivity index (χ1n) is 7.18. The SMILES string of the molecule is COC(=O)CCNCC(c1ccccc1)c1ccccc1. The highest BCUT2D eigenvalue weighted by Gasteiger charge is 2.13. The summed E-state index contributed by atoms with van der Waals surface area (Å²) in [6.07, 6.45) is 0.396. The summed E-state index contributed by atoms with van der Waals surface area (Å²) in [5.41, 5.74) is 2.54. The lowest BCUT2D eigenvalue weighted by Gasteiger charge is -2.18. The molecule has 0 saturated heterocycles. The zero-order chi connectivity index (χ0) is 14.9. The summed E-state index contributed by atoms with van der Waals surface area (Å²) in [6.45, 7) is 1.42. The Kier molecular flexibility index (Phi) is 5.98. The Morgan fingerprint density at radius 1 is 1.00 bits per heavy atom. The van der Waals surface area contributed by atoms with E-state index in [1.165, 1.54) is 18.2 Å². The van der Waals surface area contributed by atoms with Crippen molar-refractivity contribution in [1.29, 1.82) is 0 Å². The van der Waals surface area contributed by atoms with E-state index in [1.54, 1.807) is 0 Å². The van der Waals surface area contributed by atoms with E-state index in [4.69, 9.17) is 0 Å². The van der Waals surface area contributed by atoms with Gasteiger partial charge in [-0.15, -0.1) is 0 Å². The molecule has 3 heteroatoms. The minimum atomic E-state index is -0.182. The molecule has 0 atom stereocenters. The van der Waals surface area contributed by atoms with Gasteiger partial charge in [-0.2, -0.15) is 0 Å². The second-order valence-corrected chi connectivity index (χ2v) is 4.90. The van der Waals surface area contributed by atoms with Crippen LogP contribution in [0.3, 0.4) is 0 Å². The summed E-state index contributed by atoms with van der Waals surface area (Å²) >= 11 is 0. The summed E-state index contributed by atoms with van der Waals surface area (Å²) in [7, 11) is 1.42. The quantitative estimate of drug-likeness (QED) is 0.627. The van der Waals surface area contributed by atoms with Crippen molar-refractivity contribution in [3.8, 4) is 0 Å². The van der Waals surface area contributed by atoms with E-state index < -0.39 is 0 Å². The largest absolute Gasteiger partial charge is 0.469 e. The molecule has 0 radical (unpaired) electrons. The third-order valence-electron chi connectivity index (χ3n) is 3.49. The monoisotopic (exact) mass is 283 g/mol. The molecule has 1 N–H and O–H groups in total. The number of carbonyl (C=O) groups is 1. The van der Waals surface area contributed by atoms with E-state index in [2.05, 4.69) is 58.6 Å². The van der Waals surface area contributed by atoms with Crippen molar-refractivity contribution in [3.05, 3.63) is 71.8 Å². The molecule has 0 heterocycles. The van der Waals surface area contributed by atoms with E-state index in [0.717, 1.165) is 6.54 Å². The first-order valence-corrected chi connectivity index (χ1v) is 7.18. The fourth-order valence-corrected chi connectivity index (χ4v) is 2.34. The lowest BCUT2D eigenvalue weighted by molar-refractivity contribution is -0.140. The van der Waals surface area contributed by atoms with Gasteiger partial charge in [0.15, 0.2) is 0 Å². The molecular formula is C18H21NO2. The van der Waals surface area contributed by atoms with E-state index in [0.29, 0.717) is 13.0 Å². The van der Waals surface area contributed by atoms with E-state index in [9.17, 15) is 4.79 Å². The second-order valence-electron chi connectivity index (χ2n) is 4.90. The Morgan fingerprint density at radius 2 is 1.52 bits per heavy atom. The highest BCUT2D eigenvalue weighted by molar-refractivity contribution is 5.69. The Balaban J connectivity index is 2.02. The number of benzene rings is 2. The van der Waals surface area contributed by atoms with Crippen LogP contribution in [0, 0.1) is 0 Å². The van der Waals surface area contributed by atoms with Crippen LogP contribution in [0.4, 0.5) is 0 Å². The maximum Gasteiger partial charge on any atom is 0.306 e. The molecule has 0 aliphatic rings. The van der Waals surface area contributed by atoms with Crippen LogP contribution in [0.15, 0.2) is 60.7 Å². The van der Waals surface area contributed by atoms with Gasteiger partial charge in [0.2, 0.25) is 0 Å². The lowest BCUT2D eigenvalue weighted by Crippen LogP contribution is -2.25. The normalized spacial score (nSPS) is 10.6. The van der Waals surface area contributed by atoms with Gasteiger partial charge in [0.25, 0.3) is 0 Å². The zero-order valence-corrected chi connectivity index (χ0v) is 12.3.